The molecule has 0 amide bonds. The molecule has 0 aliphatic rings. The lowest BCUT2D eigenvalue weighted by molar-refractivity contribution is -0.155. The predicted octanol–water partition coefficient (Wildman–Crippen LogP) is 4.24. The summed E-state index contributed by atoms with van der Waals surface area (Å²) in [4.78, 5) is 48.2. The van der Waals surface area contributed by atoms with Gasteiger partial charge in [-0.25, -0.2) is 4.79 Å². The highest BCUT2D eigenvalue weighted by Crippen LogP contribution is 2.30. The van der Waals surface area contributed by atoms with E-state index in [0.717, 1.165) is 12.8 Å². The van der Waals surface area contributed by atoms with Gasteiger partial charge in [0, 0.05) is 12.8 Å². The fourth-order valence-corrected chi connectivity index (χ4v) is 2.88. The molecule has 1 aromatic carbocycles. The zero-order valence-corrected chi connectivity index (χ0v) is 21.9. The van der Waals surface area contributed by atoms with E-state index >= 15 is 0 Å². The maximum absolute atomic E-state index is 12.5. The van der Waals surface area contributed by atoms with Crippen molar-refractivity contribution in [1.29, 1.82) is 0 Å². The Morgan fingerprint density at radius 2 is 1.42 bits per heavy atom. The molecule has 0 saturated carbocycles. The molecule has 202 valence electrons. The van der Waals surface area contributed by atoms with E-state index in [-0.39, 0.29) is 37.4 Å². The van der Waals surface area contributed by atoms with E-state index in [2.05, 4.69) is 0 Å². The molecular formula is C26H39NO9. The number of benzene rings is 1. The molecule has 0 saturated heterocycles. The molecule has 1 rings (SSSR count). The Morgan fingerprint density at radius 1 is 0.833 bits per heavy atom. The lowest BCUT2D eigenvalue weighted by Crippen LogP contribution is -2.39. The minimum Gasteiger partial charge on any atom is -0.458 e. The first-order valence-corrected chi connectivity index (χ1v) is 12.4. The van der Waals surface area contributed by atoms with Gasteiger partial charge in [0.2, 0.25) is 0 Å². The molecule has 10 nitrogen and oxygen atoms in total. The Bertz CT molecular complexity index is 871. The quantitative estimate of drug-likeness (QED) is 0.207. The van der Waals surface area contributed by atoms with E-state index in [1.807, 2.05) is 20.8 Å². The van der Waals surface area contributed by atoms with Crippen LogP contribution in [0, 0.1) is 0 Å². The van der Waals surface area contributed by atoms with E-state index in [4.69, 9.17) is 29.4 Å². The molecule has 0 fully saturated rings. The Hall–Kier alpha value is -3.14. The highest BCUT2D eigenvalue weighted by molar-refractivity contribution is 5.77. The third-order valence-corrected chi connectivity index (χ3v) is 5.09. The van der Waals surface area contributed by atoms with Crippen molar-refractivity contribution >= 4 is 24.1 Å². The second-order valence-electron chi connectivity index (χ2n) is 8.46. The van der Waals surface area contributed by atoms with Gasteiger partial charge < -0.3 is 29.4 Å². The first-order valence-electron chi connectivity index (χ1n) is 12.4. The van der Waals surface area contributed by atoms with E-state index in [1.165, 1.54) is 12.1 Å². The molecule has 10 heteroatoms. The Kier molecular flexibility index (Phi) is 14.2. The second kappa shape index (κ2) is 16.5. The molecule has 3 atom stereocenters. The van der Waals surface area contributed by atoms with Crippen molar-refractivity contribution in [2.75, 3.05) is 6.61 Å². The van der Waals surface area contributed by atoms with Crippen molar-refractivity contribution < 1.29 is 42.9 Å². The summed E-state index contributed by atoms with van der Waals surface area (Å²) in [5.41, 5.74) is 6.61. The molecule has 0 radical (unpaired) electrons. The molecule has 0 aliphatic carbocycles. The molecule has 2 N–H and O–H groups in total. The van der Waals surface area contributed by atoms with Gasteiger partial charge in [-0.15, -0.1) is 0 Å². The van der Waals surface area contributed by atoms with Crippen molar-refractivity contribution in [2.24, 2.45) is 5.73 Å². The summed E-state index contributed by atoms with van der Waals surface area (Å²) in [5.74, 6) is -1.42. The van der Waals surface area contributed by atoms with Crippen LogP contribution >= 0.6 is 0 Å². The molecule has 0 aliphatic heterocycles. The van der Waals surface area contributed by atoms with Gasteiger partial charge in [0.25, 0.3) is 0 Å². The molecule has 1 aromatic rings. The summed E-state index contributed by atoms with van der Waals surface area (Å²) >= 11 is 0. The third-order valence-electron chi connectivity index (χ3n) is 5.09. The fourth-order valence-electron chi connectivity index (χ4n) is 2.88. The van der Waals surface area contributed by atoms with Crippen molar-refractivity contribution in [3.05, 3.63) is 23.8 Å². The molecule has 0 spiro atoms. The van der Waals surface area contributed by atoms with Crippen LogP contribution in [0.1, 0.15) is 78.7 Å². The normalized spacial score (nSPS) is 13.2. The predicted molar refractivity (Wildman–Crippen MR) is 132 cm³/mol. The van der Waals surface area contributed by atoms with Gasteiger partial charge in [0.05, 0.1) is 6.61 Å². The summed E-state index contributed by atoms with van der Waals surface area (Å²) in [7, 11) is 0. The SMILES string of the molecule is CCCCOC(=O)OC(C)[C@H](C)OC(=O)[C@@H](N)Cc1ccc(OC(=O)CCC)c(OC(=O)CCC)c1. The fraction of sp³-hybridized carbons (Fsp3) is 0.615. The second-order valence-corrected chi connectivity index (χ2v) is 8.46. The van der Waals surface area contributed by atoms with Gasteiger partial charge in [-0.1, -0.05) is 33.3 Å². The van der Waals surface area contributed by atoms with E-state index in [1.54, 1.807) is 19.9 Å². The van der Waals surface area contributed by atoms with E-state index in [9.17, 15) is 19.2 Å². The average molecular weight is 510 g/mol. The van der Waals surface area contributed by atoms with Crippen LogP contribution in [0.4, 0.5) is 4.79 Å². The monoisotopic (exact) mass is 509 g/mol. The molecule has 0 bridgehead atoms. The number of carbonyl (C=O) groups excluding carboxylic acids is 4. The van der Waals surface area contributed by atoms with Crippen LogP contribution in [0.25, 0.3) is 0 Å². The van der Waals surface area contributed by atoms with Crippen molar-refractivity contribution in [1.82, 2.24) is 0 Å². The minimum atomic E-state index is -1.04. The first kappa shape index (κ1) is 30.9. The van der Waals surface area contributed by atoms with Crippen molar-refractivity contribution in [2.45, 2.75) is 97.8 Å². The van der Waals surface area contributed by atoms with Crippen molar-refractivity contribution in [3.8, 4) is 11.5 Å². The Morgan fingerprint density at radius 3 is 2.00 bits per heavy atom. The standard InChI is InChI=1S/C26H39NO9/c1-6-9-14-32-26(31)34-18(5)17(4)33-25(30)20(27)15-19-12-13-21(35-23(28)10-7-2)22(16-19)36-24(29)11-8-3/h12-13,16-18,20H,6-11,14-15,27H2,1-5H3/t17-,18?,20-/m0/s1. The zero-order valence-electron chi connectivity index (χ0n) is 21.9. The largest absolute Gasteiger partial charge is 0.508 e. The van der Waals surface area contributed by atoms with Crippen LogP contribution < -0.4 is 15.2 Å². The number of esters is 3. The number of nitrogens with two attached hydrogens (primary N) is 1. The number of hydrogen-bond acceptors (Lipinski definition) is 10. The van der Waals surface area contributed by atoms with Gasteiger partial charge in [-0.05, 0) is 57.2 Å². The topological polar surface area (TPSA) is 140 Å². The van der Waals surface area contributed by atoms with Crippen molar-refractivity contribution in [3.63, 3.8) is 0 Å². The Labute approximate surface area is 212 Å². The maximum atomic E-state index is 12.5. The van der Waals surface area contributed by atoms with Gasteiger partial charge in [0.15, 0.2) is 11.5 Å². The summed E-state index contributed by atoms with van der Waals surface area (Å²) in [6.45, 7) is 9.08. The zero-order chi connectivity index (χ0) is 27.1. The van der Waals surface area contributed by atoms with Gasteiger partial charge in [0.1, 0.15) is 18.2 Å². The van der Waals surface area contributed by atoms with Gasteiger partial charge >= 0.3 is 24.1 Å². The van der Waals surface area contributed by atoms with Crippen LogP contribution in [-0.4, -0.2) is 48.9 Å². The minimum absolute atomic E-state index is 0.0708. The highest BCUT2D eigenvalue weighted by atomic mass is 16.7. The Balaban J connectivity index is 2.80. The molecule has 0 heterocycles. The lowest BCUT2D eigenvalue weighted by Gasteiger charge is -2.22. The van der Waals surface area contributed by atoms with Gasteiger partial charge in [-0.2, -0.15) is 0 Å². The van der Waals surface area contributed by atoms with Gasteiger partial charge in [-0.3, -0.25) is 14.4 Å². The van der Waals surface area contributed by atoms with Crippen LogP contribution in [0.2, 0.25) is 0 Å². The number of rotatable bonds is 15. The number of hydrogen-bond donors (Lipinski definition) is 1. The number of ether oxygens (including phenoxy) is 5. The van der Waals surface area contributed by atoms with Crippen LogP contribution in [0.15, 0.2) is 18.2 Å². The first-order chi connectivity index (χ1) is 17.1. The van der Waals surface area contributed by atoms with Crippen LogP contribution in [-0.2, 0) is 35.0 Å². The average Bonchev–Trinajstić information content (AvgIpc) is 2.81. The number of unbranched alkanes of at least 4 members (excludes halogenated alkanes) is 1. The third kappa shape index (κ3) is 11.5. The summed E-state index contributed by atoms with van der Waals surface area (Å²) < 4.78 is 26.1. The molecule has 36 heavy (non-hydrogen) atoms. The molecular weight excluding hydrogens is 470 g/mol. The number of carbonyl (C=O) groups is 4. The van der Waals surface area contributed by atoms with Crippen LogP contribution in [0.3, 0.4) is 0 Å². The summed E-state index contributed by atoms with van der Waals surface area (Å²) in [6.07, 6.45) is 0.979. The smallest absolute Gasteiger partial charge is 0.458 e. The molecule has 0 aromatic heterocycles. The lowest BCUT2D eigenvalue weighted by atomic mass is 10.1. The molecule has 1 unspecified atom stereocenters. The van der Waals surface area contributed by atoms with E-state index < -0.39 is 42.3 Å². The summed E-state index contributed by atoms with van der Waals surface area (Å²) in [6, 6.07) is 3.60. The summed E-state index contributed by atoms with van der Waals surface area (Å²) in [5, 5.41) is 0. The maximum Gasteiger partial charge on any atom is 0.508 e. The van der Waals surface area contributed by atoms with Crippen LogP contribution in [0.5, 0.6) is 11.5 Å². The van der Waals surface area contributed by atoms with E-state index in [0.29, 0.717) is 18.4 Å². The highest BCUT2D eigenvalue weighted by Gasteiger charge is 2.25.